The average molecular weight is 458 g/mol. The van der Waals surface area contributed by atoms with Gasteiger partial charge in [-0.25, -0.2) is 15.0 Å². The van der Waals surface area contributed by atoms with E-state index in [0.717, 1.165) is 4.68 Å². The first-order valence-corrected chi connectivity index (χ1v) is 8.70. The van der Waals surface area contributed by atoms with E-state index in [4.69, 9.17) is 0 Å². The molecule has 1 N–H and O–H groups in total. The van der Waals surface area contributed by atoms with E-state index in [9.17, 15) is 35.9 Å². The fraction of sp³-hybridized carbons (Fsp3) is 0.222. The zero-order chi connectivity index (χ0) is 23.7. The van der Waals surface area contributed by atoms with Crippen LogP contribution in [-0.2, 0) is 12.4 Å². The first-order valence-electron chi connectivity index (χ1n) is 8.70. The number of benzene rings is 1. The Morgan fingerprint density at radius 3 is 2.09 bits per heavy atom. The molecule has 0 saturated heterocycles. The molecule has 1 aromatic carbocycles. The van der Waals surface area contributed by atoms with Crippen LogP contribution in [0.2, 0.25) is 0 Å². The SMILES string of the molecule is CC(NC(=O)c1cc(C(F)(F)F)cc(C(F)(F)F)c1)c1nc(C=O)n(-c2ncccn2)n1. The quantitative estimate of drug-likeness (QED) is 0.465. The van der Waals surface area contributed by atoms with Gasteiger partial charge in [0.15, 0.2) is 17.9 Å². The monoisotopic (exact) mass is 458 g/mol. The molecule has 0 aliphatic heterocycles. The number of amides is 1. The van der Waals surface area contributed by atoms with Gasteiger partial charge in [0.2, 0.25) is 0 Å². The summed E-state index contributed by atoms with van der Waals surface area (Å²) in [6, 6.07) is 0.944. The third kappa shape index (κ3) is 4.90. The molecule has 0 aliphatic rings. The van der Waals surface area contributed by atoms with E-state index < -0.39 is 41.0 Å². The van der Waals surface area contributed by atoms with E-state index >= 15 is 0 Å². The number of nitrogens with zero attached hydrogens (tertiary/aromatic N) is 5. The van der Waals surface area contributed by atoms with Crippen molar-refractivity contribution in [3.05, 3.63) is 65.0 Å². The zero-order valence-corrected chi connectivity index (χ0v) is 15.9. The molecule has 0 fully saturated rings. The van der Waals surface area contributed by atoms with Gasteiger partial charge in [-0.05, 0) is 31.2 Å². The van der Waals surface area contributed by atoms with E-state index in [1.807, 2.05) is 0 Å². The van der Waals surface area contributed by atoms with Crippen LogP contribution in [0.1, 0.15) is 50.9 Å². The Morgan fingerprint density at radius 1 is 1.03 bits per heavy atom. The highest BCUT2D eigenvalue weighted by Gasteiger charge is 2.37. The number of aldehydes is 1. The first kappa shape index (κ1) is 22.8. The second-order valence-corrected chi connectivity index (χ2v) is 6.40. The van der Waals surface area contributed by atoms with Gasteiger partial charge in [-0.3, -0.25) is 9.59 Å². The summed E-state index contributed by atoms with van der Waals surface area (Å²) in [5, 5.41) is 6.20. The third-order valence-corrected chi connectivity index (χ3v) is 4.08. The number of halogens is 6. The van der Waals surface area contributed by atoms with Gasteiger partial charge in [0.05, 0.1) is 17.2 Å². The van der Waals surface area contributed by atoms with Crippen LogP contribution in [0.25, 0.3) is 5.95 Å². The summed E-state index contributed by atoms with van der Waals surface area (Å²) < 4.78 is 79.0. The summed E-state index contributed by atoms with van der Waals surface area (Å²) in [5.74, 6) is -1.62. The summed E-state index contributed by atoms with van der Waals surface area (Å²) in [5.41, 5.74) is -4.12. The maximum absolute atomic E-state index is 13.0. The Bertz CT molecular complexity index is 1110. The average Bonchev–Trinajstić information content (AvgIpc) is 3.17. The highest BCUT2D eigenvalue weighted by Crippen LogP contribution is 2.36. The van der Waals surface area contributed by atoms with Gasteiger partial charge in [-0.1, -0.05) is 0 Å². The molecule has 1 amide bonds. The highest BCUT2D eigenvalue weighted by molar-refractivity contribution is 5.94. The molecular weight excluding hydrogens is 446 g/mol. The summed E-state index contributed by atoms with van der Waals surface area (Å²) in [4.78, 5) is 35.4. The minimum Gasteiger partial charge on any atom is -0.342 e. The predicted molar refractivity (Wildman–Crippen MR) is 94.7 cm³/mol. The molecule has 3 rings (SSSR count). The van der Waals surface area contributed by atoms with Crippen LogP contribution in [0.4, 0.5) is 26.3 Å². The summed E-state index contributed by atoms with van der Waals surface area (Å²) >= 11 is 0. The van der Waals surface area contributed by atoms with Crippen LogP contribution in [0.15, 0.2) is 36.7 Å². The van der Waals surface area contributed by atoms with Gasteiger partial charge in [0.1, 0.15) is 0 Å². The Kier molecular flexibility index (Phi) is 5.96. The normalized spacial score (nSPS) is 13.0. The summed E-state index contributed by atoms with van der Waals surface area (Å²) in [6.07, 6.45) is -7.12. The molecule has 2 aromatic heterocycles. The van der Waals surface area contributed by atoms with Gasteiger partial charge >= 0.3 is 12.4 Å². The van der Waals surface area contributed by atoms with Crippen molar-refractivity contribution in [1.82, 2.24) is 30.0 Å². The lowest BCUT2D eigenvalue weighted by Crippen LogP contribution is -2.28. The van der Waals surface area contributed by atoms with E-state index in [2.05, 4.69) is 25.4 Å². The van der Waals surface area contributed by atoms with Crippen LogP contribution in [0, 0.1) is 0 Å². The second kappa shape index (κ2) is 8.36. The minimum atomic E-state index is -5.10. The number of hydrogen-bond acceptors (Lipinski definition) is 6. The first-order chi connectivity index (χ1) is 14.9. The number of carbonyl (C=O) groups excluding carboxylic acids is 2. The van der Waals surface area contributed by atoms with Gasteiger partial charge in [-0.2, -0.15) is 31.0 Å². The topological polar surface area (TPSA) is 103 Å². The lowest BCUT2D eigenvalue weighted by Gasteiger charge is -2.15. The van der Waals surface area contributed by atoms with E-state index in [1.165, 1.54) is 25.4 Å². The third-order valence-electron chi connectivity index (χ3n) is 4.08. The molecule has 2 heterocycles. The fourth-order valence-electron chi connectivity index (χ4n) is 2.58. The molecule has 0 bridgehead atoms. The minimum absolute atomic E-state index is 0.0143. The van der Waals surface area contributed by atoms with Gasteiger partial charge in [0.25, 0.3) is 11.9 Å². The molecule has 0 radical (unpaired) electrons. The van der Waals surface area contributed by atoms with E-state index in [0.29, 0.717) is 18.4 Å². The molecule has 32 heavy (non-hydrogen) atoms. The molecule has 14 heteroatoms. The van der Waals surface area contributed by atoms with Crippen LogP contribution in [0.3, 0.4) is 0 Å². The van der Waals surface area contributed by atoms with Gasteiger partial charge < -0.3 is 5.32 Å². The van der Waals surface area contributed by atoms with Gasteiger partial charge in [-0.15, -0.1) is 5.10 Å². The zero-order valence-electron chi connectivity index (χ0n) is 15.9. The molecule has 1 unspecified atom stereocenters. The maximum atomic E-state index is 13.0. The van der Waals surface area contributed by atoms with E-state index in [1.54, 1.807) is 0 Å². The number of aromatic nitrogens is 5. The number of alkyl halides is 6. The van der Waals surface area contributed by atoms with Crippen molar-refractivity contribution >= 4 is 12.2 Å². The van der Waals surface area contributed by atoms with Gasteiger partial charge in [0, 0.05) is 18.0 Å². The number of carbonyl (C=O) groups is 2. The molecule has 0 saturated carbocycles. The van der Waals surface area contributed by atoms with Crippen LogP contribution < -0.4 is 5.32 Å². The Labute approximate surface area is 175 Å². The Hall–Kier alpha value is -3.84. The largest absolute Gasteiger partial charge is 0.416 e. The summed E-state index contributed by atoms with van der Waals surface area (Å²) in [6.45, 7) is 1.33. The molecular formula is C18H12F6N6O2. The highest BCUT2D eigenvalue weighted by atomic mass is 19.4. The second-order valence-electron chi connectivity index (χ2n) is 6.40. The molecule has 8 nitrogen and oxygen atoms in total. The standard InChI is InChI=1S/C18H12F6N6O2/c1-9(14-28-13(8-31)30(29-14)16-25-3-2-4-26-16)27-15(32)10-5-11(17(19,20)21)7-12(6-10)18(22,23)24/h2-9H,1H3,(H,27,32). The Balaban J connectivity index is 1.91. The van der Waals surface area contributed by atoms with Crippen molar-refractivity contribution in [2.24, 2.45) is 0 Å². The summed E-state index contributed by atoms with van der Waals surface area (Å²) in [7, 11) is 0. The van der Waals surface area contributed by atoms with Crippen molar-refractivity contribution < 1.29 is 35.9 Å². The smallest absolute Gasteiger partial charge is 0.342 e. The van der Waals surface area contributed by atoms with Crippen molar-refractivity contribution in [2.45, 2.75) is 25.3 Å². The van der Waals surface area contributed by atoms with Crippen LogP contribution >= 0.6 is 0 Å². The number of nitrogens with one attached hydrogen (secondary N) is 1. The lowest BCUT2D eigenvalue weighted by molar-refractivity contribution is -0.143. The van der Waals surface area contributed by atoms with Crippen LogP contribution in [0.5, 0.6) is 0 Å². The van der Waals surface area contributed by atoms with Crippen LogP contribution in [-0.4, -0.2) is 36.9 Å². The maximum Gasteiger partial charge on any atom is 0.416 e. The van der Waals surface area contributed by atoms with Crippen molar-refractivity contribution in [3.63, 3.8) is 0 Å². The molecule has 3 aromatic rings. The fourth-order valence-corrected chi connectivity index (χ4v) is 2.58. The van der Waals surface area contributed by atoms with Crippen molar-refractivity contribution in [3.8, 4) is 5.95 Å². The lowest BCUT2D eigenvalue weighted by atomic mass is 10.0. The predicted octanol–water partition coefficient (Wildman–Crippen LogP) is 3.40. The van der Waals surface area contributed by atoms with Crippen molar-refractivity contribution in [1.29, 1.82) is 0 Å². The Morgan fingerprint density at radius 2 is 1.59 bits per heavy atom. The van der Waals surface area contributed by atoms with Crippen molar-refractivity contribution in [2.75, 3.05) is 0 Å². The molecule has 0 aliphatic carbocycles. The molecule has 1 atom stereocenters. The molecule has 0 spiro atoms. The number of rotatable bonds is 5. The molecule has 168 valence electrons. The number of hydrogen-bond donors (Lipinski definition) is 1. The van der Waals surface area contributed by atoms with E-state index in [-0.39, 0.29) is 23.7 Å².